The number of benzene rings is 1. The number of nitrogens with zero attached hydrogens (tertiary/aromatic N) is 3. The fourth-order valence-electron chi connectivity index (χ4n) is 3.05. The quantitative estimate of drug-likeness (QED) is 0.551. The molecule has 0 bridgehead atoms. The number of alkyl halides is 3. The summed E-state index contributed by atoms with van der Waals surface area (Å²) in [6.07, 6.45) is -0.208. The van der Waals surface area contributed by atoms with Crippen LogP contribution in [0.25, 0.3) is 0 Å². The van der Waals surface area contributed by atoms with Crippen LogP contribution in [-0.2, 0) is 11.3 Å². The van der Waals surface area contributed by atoms with Crippen molar-refractivity contribution in [2.24, 2.45) is 0 Å². The van der Waals surface area contributed by atoms with Crippen molar-refractivity contribution >= 4 is 41.3 Å². The van der Waals surface area contributed by atoms with Gasteiger partial charge in [-0.05, 0) is 67.6 Å². The molecule has 1 aromatic carbocycles. The minimum absolute atomic E-state index is 0.00267. The summed E-state index contributed by atoms with van der Waals surface area (Å²) in [5.74, 6) is -0.543. The molecular formula is C19H16F3N4O4S-. The van der Waals surface area contributed by atoms with E-state index in [4.69, 9.17) is 0 Å². The number of hydrogen-bond acceptors (Lipinski definition) is 6. The summed E-state index contributed by atoms with van der Waals surface area (Å²) < 4.78 is 37.6. The Morgan fingerprint density at radius 2 is 1.84 bits per heavy atom. The van der Waals surface area contributed by atoms with Crippen molar-refractivity contribution in [2.75, 3.05) is 10.2 Å². The number of carbonyl (C=O) groups is 3. The van der Waals surface area contributed by atoms with E-state index in [2.05, 4.69) is 4.98 Å². The van der Waals surface area contributed by atoms with Gasteiger partial charge in [0.1, 0.15) is 17.5 Å². The lowest BCUT2D eigenvalue weighted by atomic mass is 10.0. The van der Waals surface area contributed by atoms with Crippen molar-refractivity contribution in [3.8, 4) is 0 Å². The van der Waals surface area contributed by atoms with Crippen LogP contribution in [-0.4, -0.2) is 39.0 Å². The Hall–Kier alpha value is -3.28. The predicted octanol–water partition coefficient (Wildman–Crippen LogP) is 3.20. The summed E-state index contributed by atoms with van der Waals surface area (Å²) in [6.45, 7) is 3.06. The molecule has 0 aliphatic carbocycles. The largest absolute Gasteiger partial charge is 0.530 e. The molecule has 1 aliphatic rings. The SMILES string of the molecule is CC1(C)C(=O)N(c2ccc(SC(F)(F)F)cc2)C(=O)N1Cc1ccnc(NC(=O)[O-])c1. The molecule has 1 N–H and O–H groups in total. The molecular weight excluding hydrogens is 437 g/mol. The third-order valence-electron chi connectivity index (χ3n) is 4.55. The van der Waals surface area contributed by atoms with Gasteiger partial charge < -0.3 is 20.1 Å². The van der Waals surface area contributed by atoms with Gasteiger partial charge in [0.25, 0.3) is 5.91 Å². The Labute approximate surface area is 179 Å². The normalized spacial score (nSPS) is 16.0. The highest BCUT2D eigenvalue weighted by molar-refractivity contribution is 8.00. The van der Waals surface area contributed by atoms with Gasteiger partial charge in [0, 0.05) is 17.6 Å². The molecule has 1 fully saturated rings. The maximum atomic E-state index is 13.0. The predicted molar refractivity (Wildman–Crippen MR) is 104 cm³/mol. The van der Waals surface area contributed by atoms with Crippen molar-refractivity contribution < 1.29 is 32.7 Å². The molecule has 0 atom stereocenters. The number of amides is 4. The zero-order valence-corrected chi connectivity index (χ0v) is 17.1. The maximum Gasteiger partial charge on any atom is 0.446 e. The summed E-state index contributed by atoms with van der Waals surface area (Å²) in [5.41, 5.74) is -5.05. The van der Waals surface area contributed by atoms with Gasteiger partial charge in [0.2, 0.25) is 0 Å². The number of nitrogens with one attached hydrogen (secondary N) is 1. The number of halogens is 3. The molecule has 2 heterocycles. The van der Waals surface area contributed by atoms with E-state index in [1.807, 2.05) is 5.32 Å². The van der Waals surface area contributed by atoms with E-state index >= 15 is 0 Å². The van der Waals surface area contributed by atoms with Gasteiger partial charge in [-0.25, -0.2) is 14.7 Å². The average Bonchev–Trinajstić information content (AvgIpc) is 2.81. The second-order valence-corrected chi connectivity index (χ2v) is 8.21. The maximum absolute atomic E-state index is 13.0. The molecule has 164 valence electrons. The number of pyridine rings is 1. The Bertz CT molecular complexity index is 1030. The van der Waals surface area contributed by atoms with Gasteiger partial charge in [0.15, 0.2) is 0 Å². The Morgan fingerprint density at radius 3 is 2.42 bits per heavy atom. The molecule has 1 aliphatic heterocycles. The topological polar surface area (TPSA) is 106 Å². The first-order valence-corrected chi connectivity index (χ1v) is 9.65. The van der Waals surface area contributed by atoms with Gasteiger partial charge in [0.05, 0.1) is 5.69 Å². The van der Waals surface area contributed by atoms with Crippen LogP contribution in [0.1, 0.15) is 19.4 Å². The lowest BCUT2D eigenvalue weighted by Gasteiger charge is -2.27. The molecule has 1 aromatic heterocycles. The van der Waals surface area contributed by atoms with E-state index in [9.17, 15) is 32.7 Å². The first-order valence-electron chi connectivity index (χ1n) is 8.83. The average molecular weight is 453 g/mol. The molecule has 8 nitrogen and oxygen atoms in total. The fraction of sp³-hybridized carbons (Fsp3) is 0.263. The lowest BCUT2D eigenvalue weighted by Crippen LogP contribution is -2.43. The van der Waals surface area contributed by atoms with Crippen molar-refractivity contribution in [3.63, 3.8) is 0 Å². The van der Waals surface area contributed by atoms with Crippen LogP contribution < -0.4 is 15.3 Å². The number of aromatic nitrogens is 1. The molecule has 3 rings (SSSR count). The molecule has 4 amide bonds. The van der Waals surface area contributed by atoms with Crippen LogP contribution >= 0.6 is 11.8 Å². The Balaban J connectivity index is 1.84. The van der Waals surface area contributed by atoms with Crippen molar-refractivity contribution in [3.05, 3.63) is 48.2 Å². The molecule has 1 saturated heterocycles. The second kappa shape index (κ2) is 8.10. The van der Waals surface area contributed by atoms with Gasteiger partial charge in [-0.2, -0.15) is 13.2 Å². The number of carbonyl (C=O) groups excluding carboxylic acids is 3. The summed E-state index contributed by atoms with van der Waals surface area (Å²) in [4.78, 5) is 42.6. The molecule has 31 heavy (non-hydrogen) atoms. The summed E-state index contributed by atoms with van der Waals surface area (Å²) in [7, 11) is 0. The van der Waals surface area contributed by atoms with Gasteiger partial charge in [-0.3, -0.25) is 4.79 Å². The van der Waals surface area contributed by atoms with Crippen molar-refractivity contribution in [2.45, 2.75) is 36.3 Å². The minimum Gasteiger partial charge on any atom is -0.530 e. The van der Waals surface area contributed by atoms with Gasteiger partial charge in [-0.15, -0.1) is 0 Å². The smallest absolute Gasteiger partial charge is 0.446 e. The highest BCUT2D eigenvalue weighted by Crippen LogP contribution is 2.38. The highest BCUT2D eigenvalue weighted by Gasteiger charge is 2.51. The van der Waals surface area contributed by atoms with Crippen LogP contribution in [0.2, 0.25) is 0 Å². The molecule has 0 saturated carbocycles. The monoisotopic (exact) mass is 453 g/mol. The van der Waals surface area contributed by atoms with Crippen LogP contribution in [0.5, 0.6) is 0 Å². The number of hydrogen-bond donors (Lipinski definition) is 1. The summed E-state index contributed by atoms with van der Waals surface area (Å²) in [5, 5.41) is 12.7. The van der Waals surface area contributed by atoms with Gasteiger partial charge >= 0.3 is 11.5 Å². The molecule has 0 radical (unpaired) electrons. The Kier molecular flexibility index (Phi) is 5.85. The Morgan fingerprint density at radius 1 is 1.19 bits per heavy atom. The molecule has 12 heteroatoms. The zero-order valence-electron chi connectivity index (χ0n) is 16.3. The molecule has 0 spiro atoms. The molecule has 0 unspecified atom stereocenters. The number of carboxylic acid groups (broad SMARTS) is 1. The van der Waals surface area contributed by atoms with E-state index < -0.39 is 29.1 Å². The summed E-state index contributed by atoms with van der Waals surface area (Å²) >= 11 is -0.296. The molecule has 2 aromatic rings. The van der Waals surface area contributed by atoms with E-state index in [0.29, 0.717) is 5.56 Å². The third kappa shape index (κ3) is 4.90. The number of thioether (sulfide) groups is 1. The minimum atomic E-state index is -4.45. The zero-order chi connectivity index (χ0) is 23.0. The van der Waals surface area contributed by atoms with E-state index in [-0.39, 0.29) is 34.7 Å². The van der Waals surface area contributed by atoms with Crippen LogP contribution in [0, 0.1) is 0 Å². The number of anilines is 2. The van der Waals surface area contributed by atoms with E-state index in [1.54, 1.807) is 19.9 Å². The first-order chi connectivity index (χ1) is 14.4. The van der Waals surface area contributed by atoms with Crippen molar-refractivity contribution in [1.82, 2.24) is 9.88 Å². The number of urea groups is 1. The summed E-state index contributed by atoms with van der Waals surface area (Å²) in [6, 6.07) is 7.22. The standard InChI is InChI=1S/C19H17F3N4O4S/c1-18(2)15(27)26(12-3-5-13(6-4-12)31-19(20,21)22)17(30)25(18)10-11-7-8-23-14(9-11)24-16(28)29/h3-9H,10H2,1-2H3,(H,23,24)(H,28,29)/p-1. The van der Waals surface area contributed by atoms with E-state index in [1.165, 1.54) is 41.4 Å². The van der Waals surface area contributed by atoms with E-state index in [0.717, 1.165) is 4.90 Å². The second-order valence-electron chi connectivity index (χ2n) is 7.07. The number of imide groups is 1. The lowest BCUT2D eigenvalue weighted by molar-refractivity contribution is -0.242. The van der Waals surface area contributed by atoms with Crippen LogP contribution in [0.15, 0.2) is 47.5 Å². The van der Waals surface area contributed by atoms with Crippen molar-refractivity contribution in [1.29, 1.82) is 0 Å². The van der Waals surface area contributed by atoms with Crippen LogP contribution in [0.4, 0.5) is 34.3 Å². The fourth-order valence-corrected chi connectivity index (χ4v) is 3.59. The van der Waals surface area contributed by atoms with Gasteiger partial charge in [-0.1, -0.05) is 0 Å². The number of rotatable bonds is 5. The highest BCUT2D eigenvalue weighted by atomic mass is 32.2. The van der Waals surface area contributed by atoms with Crippen LogP contribution in [0.3, 0.4) is 0 Å². The first kappa shape index (κ1) is 22.4. The third-order valence-corrected chi connectivity index (χ3v) is 5.29.